The lowest BCUT2D eigenvalue weighted by atomic mass is 10.1. The fourth-order valence-corrected chi connectivity index (χ4v) is 2.79. The maximum atomic E-state index is 13.9. The molecule has 0 aliphatic rings. The molecular weight excluding hydrogens is 511 g/mol. The third kappa shape index (κ3) is 8.47. The zero-order valence-electron chi connectivity index (χ0n) is 17.2. The zero-order chi connectivity index (χ0) is 21.4. The van der Waals surface area contributed by atoms with E-state index >= 15 is 0 Å². The van der Waals surface area contributed by atoms with Crippen LogP contribution in [0.3, 0.4) is 0 Å². The quantitative estimate of drug-likeness (QED) is 0.237. The highest BCUT2D eigenvalue weighted by molar-refractivity contribution is 14.0. The van der Waals surface area contributed by atoms with E-state index in [0.717, 1.165) is 23.3 Å². The van der Waals surface area contributed by atoms with Crippen molar-refractivity contribution in [2.75, 3.05) is 27.7 Å². The molecule has 2 aromatic rings. The molecule has 2 N–H and O–H groups in total. The Labute approximate surface area is 191 Å². The van der Waals surface area contributed by atoms with E-state index in [2.05, 4.69) is 15.6 Å². The van der Waals surface area contributed by atoms with Crippen LogP contribution in [-0.2, 0) is 25.7 Å². The van der Waals surface area contributed by atoms with Crippen LogP contribution in [0, 0.1) is 5.82 Å². The van der Waals surface area contributed by atoms with Gasteiger partial charge in [-0.15, -0.1) is 24.0 Å². The first-order chi connectivity index (χ1) is 13.7. The van der Waals surface area contributed by atoms with Gasteiger partial charge in [0.2, 0.25) is 0 Å². The lowest BCUT2D eigenvalue weighted by Gasteiger charge is -2.14. The Morgan fingerprint density at radius 1 is 1.00 bits per heavy atom. The predicted octanol–water partition coefficient (Wildman–Crippen LogP) is 4.43. The molecule has 0 aliphatic carbocycles. The Morgan fingerprint density at radius 2 is 1.63 bits per heavy atom. The SMILES string of the molecule is CN=C(NCCc1ccc(C(F)(F)F)cc1)NCc1ccc(F)c(CN(C)C)c1.I. The highest BCUT2D eigenvalue weighted by Gasteiger charge is 2.29. The summed E-state index contributed by atoms with van der Waals surface area (Å²) in [6.07, 6.45) is -3.77. The van der Waals surface area contributed by atoms with Gasteiger partial charge in [-0.1, -0.05) is 18.2 Å². The molecule has 0 fully saturated rings. The highest BCUT2D eigenvalue weighted by atomic mass is 127. The first-order valence-corrected chi connectivity index (χ1v) is 9.21. The summed E-state index contributed by atoms with van der Waals surface area (Å²) in [5, 5.41) is 6.28. The van der Waals surface area contributed by atoms with Gasteiger partial charge in [0.1, 0.15) is 5.82 Å². The number of rotatable bonds is 7. The van der Waals surface area contributed by atoms with Gasteiger partial charge < -0.3 is 15.5 Å². The number of nitrogens with one attached hydrogen (secondary N) is 2. The van der Waals surface area contributed by atoms with Crippen LogP contribution in [0.1, 0.15) is 22.3 Å². The second-order valence-electron chi connectivity index (χ2n) is 6.96. The molecule has 0 aromatic heterocycles. The summed E-state index contributed by atoms with van der Waals surface area (Å²) in [7, 11) is 5.40. The van der Waals surface area contributed by atoms with E-state index in [-0.39, 0.29) is 29.8 Å². The Bertz CT molecular complexity index is 821. The molecular formula is C21H27F4IN4. The van der Waals surface area contributed by atoms with E-state index < -0.39 is 11.7 Å². The number of hydrogen-bond acceptors (Lipinski definition) is 2. The van der Waals surface area contributed by atoms with Crippen molar-refractivity contribution in [2.45, 2.75) is 25.7 Å². The smallest absolute Gasteiger partial charge is 0.356 e. The molecule has 0 heterocycles. The largest absolute Gasteiger partial charge is 0.416 e. The molecule has 166 valence electrons. The molecule has 0 amide bonds. The second kappa shape index (κ2) is 12.1. The summed E-state index contributed by atoms with van der Waals surface area (Å²) in [4.78, 5) is 6.03. The highest BCUT2D eigenvalue weighted by Crippen LogP contribution is 2.29. The number of hydrogen-bond donors (Lipinski definition) is 2. The third-order valence-electron chi connectivity index (χ3n) is 4.27. The van der Waals surface area contributed by atoms with Crippen LogP contribution in [-0.4, -0.2) is 38.5 Å². The molecule has 0 saturated carbocycles. The third-order valence-corrected chi connectivity index (χ3v) is 4.27. The topological polar surface area (TPSA) is 39.7 Å². The summed E-state index contributed by atoms with van der Waals surface area (Å²) >= 11 is 0. The summed E-state index contributed by atoms with van der Waals surface area (Å²) in [5.74, 6) is 0.330. The van der Waals surface area contributed by atoms with Crippen molar-refractivity contribution in [3.05, 3.63) is 70.5 Å². The van der Waals surface area contributed by atoms with Crippen LogP contribution in [0.2, 0.25) is 0 Å². The van der Waals surface area contributed by atoms with Crippen molar-refractivity contribution in [3.8, 4) is 0 Å². The molecule has 2 rings (SSSR count). The molecule has 9 heteroatoms. The molecule has 0 spiro atoms. The number of guanidine groups is 1. The van der Waals surface area contributed by atoms with Crippen LogP contribution in [0.15, 0.2) is 47.5 Å². The zero-order valence-corrected chi connectivity index (χ0v) is 19.5. The van der Waals surface area contributed by atoms with Crippen molar-refractivity contribution in [3.63, 3.8) is 0 Å². The van der Waals surface area contributed by atoms with Crippen LogP contribution in [0.4, 0.5) is 17.6 Å². The van der Waals surface area contributed by atoms with Gasteiger partial charge >= 0.3 is 6.18 Å². The monoisotopic (exact) mass is 538 g/mol. The molecule has 4 nitrogen and oxygen atoms in total. The standard InChI is InChI=1S/C21H26F4N4.HI/c1-26-20(27-11-10-15-4-7-18(8-5-15)21(23,24)25)28-13-16-6-9-19(22)17(12-16)14-29(2)3;/h4-9,12H,10-11,13-14H2,1-3H3,(H2,26,27,28);1H. The maximum absolute atomic E-state index is 13.9. The molecule has 0 unspecified atom stereocenters. The van der Waals surface area contributed by atoms with Crippen LogP contribution < -0.4 is 10.6 Å². The summed E-state index contributed by atoms with van der Waals surface area (Å²) in [6, 6.07) is 10.1. The van der Waals surface area contributed by atoms with Crippen molar-refractivity contribution in [1.29, 1.82) is 0 Å². The van der Waals surface area contributed by atoms with Crippen molar-refractivity contribution >= 4 is 29.9 Å². The average Bonchev–Trinajstić information content (AvgIpc) is 2.66. The van der Waals surface area contributed by atoms with Gasteiger partial charge in [-0.05, 0) is 55.9 Å². The average molecular weight is 538 g/mol. The van der Waals surface area contributed by atoms with E-state index in [1.807, 2.05) is 25.1 Å². The van der Waals surface area contributed by atoms with Crippen LogP contribution in [0.25, 0.3) is 0 Å². The Hall–Kier alpha value is -1.88. The van der Waals surface area contributed by atoms with Gasteiger partial charge in [0, 0.05) is 32.2 Å². The fraction of sp³-hybridized carbons (Fsp3) is 0.381. The lowest BCUT2D eigenvalue weighted by molar-refractivity contribution is -0.137. The van der Waals surface area contributed by atoms with E-state index in [4.69, 9.17) is 0 Å². The van der Waals surface area contributed by atoms with Crippen molar-refractivity contribution in [1.82, 2.24) is 15.5 Å². The second-order valence-corrected chi connectivity index (χ2v) is 6.96. The minimum Gasteiger partial charge on any atom is -0.356 e. The van der Waals surface area contributed by atoms with Crippen LogP contribution in [0.5, 0.6) is 0 Å². The number of benzene rings is 2. The molecule has 0 radical (unpaired) electrons. The van der Waals surface area contributed by atoms with Gasteiger partial charge in [-0.25, -0.2) is 4.39 Å². The molecule has 0 atom stereocenters. The van der Waals surface area contributed by atoms with E-state index in [0.29, 0.717) is 37.6 Å². The molecule has 2 aromatic carbocycles. The van der Waals surface area contributed by atoms with Crippen LogP contribution >= 0.6 is 24.0 Å². The van der Waals surface area contributed by atoms with Gasteiger partial charge in [0.25, 0.3) is 0 Å². The van der Waals surface area contributed by atoms with Crippen molar-refractivity contribution < 1.29 is 17.6 Å². The van der Waals surface area contributed by atoms with Gasteiger partial charge in [-0.3, -0.25) is 4.99 Å². The summed E-state index contributed by atoms with van der Waals surface area (Å²) in [5.41, 5.74) is 1.70. The Kier molecular flexibility index (Phi) is 10.5. The summed E-state index contributed by atoms with van der Waals surface area (Å²) < 4.78 is 51.7. The number of aliphatic imine (C=N–C) groups is 1. The molecule has 30 heavy (non-hydrogen) atoms. The number of halogens is 5. The fourth-order valence-electron chi connectivity index (χ4n) is 2.79. The predicted molar refractivity (Wildman–Crippen MR) is 123 cm³/mol. The maximum Gasteiger partial charge on any atom is 0.416 e. The first-order valence-electron chi connectivity index (χ1n) is 9.21. The number of nitrogens with zero attached hydrogens (tertiary/aromatic N) is 2. The lowest BCUT2D eigenvalue weighted by Crippen LogP contribution is -2.37. The first kappa shape index (κ1) is 26.2. The number of alkyl halides is 3. The molecule has 0 saturated heterocycles. The Balaban J connectivity index is 0.00000450. The normalized spacial score (nSPS) is 11.9. The Morgan fingerprint density at radius 3 is 2.20 bits per heavy atom. The van der Waals surface area contributed by atoms with Gasteiger partial charge in [-0.2, -0.15) is 13.2 Å². The molecule has 0 bridgehead atoms. The minimum atomic E-state index is -4.32. The van der Waals surface area contributed by atoms with E-state index in [1.165, 1.54) is 18.2 Å². The van der Waals surface area contributed by atoms with Gasteiger partial charge in [0.05, 0.1) is 5.56 Å². The summed E-state index contributed by atoms with van der Waals surface area (Å²) in [6.45, 7) is 1.50. The van der Waals surface area contributed by atoms with E-state index in [9.17, 15) is 17.6 Å². The molecule has 0 aliphatic heterocycles. The minimum absolute atomic E-state index is 0. The van der Waals surface area contributed by atoms with E-state index in [1.54, 1.807) is 13.1 Å². The van der Waals surface area contributed by atoms with Crippen molar-refractivity contribution in [2.24, 2.45) is 4.99 Å². The van der Waals surface area contributed by atoms with Gasteiger partial charge in [0.15, 0.2) is 5.96 Å².